The van der Waals surface area contributed by atoms with Crippen LogP contribution in [-0.4, -0.2) is 60.8 Å². The Morgan fingerprint density at radius 2 is 2.10 bits per heavy atom. The molecule has 2 aliphatic rings. The molecule has 0 aromatic rings. The summed E-state index contributed by atoms with van der Waals surface area (Å²) >= 11 is 1.46. The van der Waals surface area contributed by atoms with Crippen molar-refractivity contribution in [2.24, 2.45) is 0 Å². The molecule has 0 radical (unpaired) electrons. The molecule has 2 atom stereocenters. The van der Waals surface area contributed by atoms with Crippen LogP contribution >= 0.6 is 11.8 Å². The fraction of sp³-hybridized carbons (Fsp3) is 0.583. The van der Waals surface area contributed by atoms with Crippen molar-refractivity contribution in [3.8, 4) is 0 Å². The van der Waals surface area contributed by atoms with E-state index in [0.29, 0.717) is 11.3 Å². The molecular formula is C12H15NO6S. The summed E-state index contributed by atoms with van der Waals surface area (Å²) in [5.74, 6) is -0.865. The summed E-state index contributed by atoms with van der Waals surface area (Å²) in [5, 5.41) is -0.234. The summed E-state index contributed by atoms with van der Waals surface area (Å²) in [5.41, 5.74) is 0.729. The highest BCUT2D eigenvalue weighted by atomic mass is 32.2. The average molecular weight is 301 g/mol. The molecule has 1 fully saturated rings. The number of amides is 1. The number of nitrogens with zero attached hydrogens (tertiary/aromatic N) is 1. The molecule has 8 heteroatoms. The van der Waals surface area contributed by atoms with Gasteiger partial charge < -0.3 is 14.2 Å². The van der Waals surface area contributed by atoms with Crippen LogP contribution in [-0.2, 0) is 28.6 Å². The van der Waals surface area contributed by atoms with Gasteiger partial charge in [-0.25, -0.2) is 4.79 Å². The Labute approximate surface area is 120 Å². The first-order valence-corrected chi connectivity index (χ1v) is 6.97. The summed E-state index contributed by atoms with van der Waals surface area (Å²) in [6.45, 7) is 1.26. The number of hydrogen-bond donors (Lipinski definition) is 0. The third kappa shape index (κ3) is 2.40. The quantitative estimate of drug-likeness (QED) is 0.530. The Balaban J connectivity index is 2.28. The highest BCUT2D eigenvalue weighted by Crippen LogP contribution is 2.41. The molecule has 20 heavy (non-hydrogen) atoms. The van der Waals surface area contributed by atoms with Crippen LogP contribution in [0.4, 0.5) is 0 Å². The minimum absolute atomic E-state index is 0.0269. The van der Waals surface area contributed by atoms with Gasteiger partial charge in [-0.2, -0.15) is 0 Å². The van der Waals surface area contributed by atoms with Gasteiger partial charge in [-0.15, -0.1) is 11.8 Å². The van der Waals surface area contributed by atoms with Gasteiger partial charge in [-0.3, -0.25) is 14.5 Å². The maximum absolute atomic E-state index is 12.0. The van der Waals surface area contributed by atoms with Crippen LogP contribution in [0.25, 0.3) is 0 Å². The van der Waals surface area contributed by atoms with E-state index in [1.165, 1.54) is 37.8 Å². The lowest BCUT2D eigenvalue weighted by Gasteiger charge is -2.48. The van der Waals surface area contributed by atoms with Crippen LogP contribution in [0.5, 0.6) is 0 Å². The van der Waals surface area contributed by atoms with Gasteiger partial charge in [0.1, 0.15) is 17.7 Å². The number of thioether (sulfide) groups is 1. The lowest BCUT2D eigenvalue weighted by molar-refractivity contribution is -0.162. The van der Waals surface area contributed by atoms with E-state index < -0.39 is 18.0 Å². The van der Waals surface area contributed by atoms with Gasteiger partial charge in [0.25, 0.3) is 5.91 Å². The second-order valence-electron chi connectivity index (χ2n) is 4.29. The number of esters is 2. The summed E-state index contributed by atoms with van der Waals surface area (Å²) in [7, 11) is 2.70. The van der Waals surface area contributed by atoms with Crippen molar-refractivity contribution in [3.63, 3.8) is 0 Å². The molecular weight excluding hydrogens is 286 g/mol. The molecule has 2 heterocycles. The number of hydrogen-bond acceptors (Lipinski definition) is 7. The molecule has 0 aromatic carbocycles. The number of β-lactam (4-membered cyclic amide) rings is 1. The summed E-state index contributed by atoms with van der Waals surface area (Å²) in [6.07, 6.45) is -0.546. The molecule has 2 aliphatic heterocycles. The molecule has 0 aliphatic carbocycles. The maximum atomic E-state index is 12.0. The average Bonchev–Trinajstić information content (AvgIpc) is 2.43. The first-order valence-electron chi connectivity index (χ1n) is 5.92. The first-order chi connectivity index (χ1) is 9.51. The molecule has 7 nitrogen and oxygen atoms in total. The Hall–Kier alpha value is -1.54. The van der Waals surface area contributed by atoms with Crippen LogP contribution in [0.2, 0.25) is 0 Å². The van der Waals surface area contributed by atoms with Crippen molar-refractivity contribution in [2.75, 3.05) is 26.6 Å². The SMILES string of the molecule is COC(=O)C1=C(COC(C)=O)CSC2C(OC)C(=O)N12. The van der Waals surface area contributed by atoms with Gasteiger partial charge in [0.05, 0.1) is 7.11 Å². The molecule has 0 bridgehead atoms. The molecule has 0 aromatic heterocycles. The van der Waals surface area contributed by atoms with Crippen LogP contribution in [0, 0.1) is 0 Å². The molecule has 2 rings (SSSR count). The largest absolute Gasteiger partial charge is 0.464 e. The van der Waals surface area contributed by atoms with Gasteiger partial charge in [0, 0.05) is 25.4 Å². The van der Waals surface area contributed by atoms with Gasteiger partial charge in [0.2, 0.25) is 0 Å². The van der Waals surface area contributed by atoms with E-state index >= 15 is 0 Å². The van der Waals surface area contributed by atoms with Crippen molar-refractivity contribution >= 4 is 29.6 Å². The zero-order valence-electron chi connectivity index (χ0n) is 11.4. The summed E-state index contributed by atoms with van der Waals surface area (Å²) in [4.78, 5) is 36.1. The number of ether oxygens (including phenoxy) is 3. The van der Waals surface area contributed by atoms with Crippen LogP contribution in [0.1, 0.15) is 6.92 Å². The Kier molecular flexibility index (Phi) is 4.34. The van der Waals surface area contributed by atoms with Gasteiger partial charge in [-0.05, 0) is 0 Å². The van der Waals surface area contributed by atoms with E-state index in [2.05, 4.69) is 0 Å². The smallest absolute Gasteiger partial charge is 0.354 e. The zero-order chi connectivity index (χ0) is 14.9. The maximum Gasteiger partial charge on any atom is 0.354 e. The minimum atomic E-state index is -0.611. The molecule has 2 unspecified atom stereocenters. The Morgan fingerprint density at radius 1 is 1.40 bits per heavy atom. The highest BCUT2D eigenvalue weighted by Gasteiger charge is 2.54. The van der Waals surface area contributed by atoms with Crippen molar-refractivity contribution in [2.45, 2.75) is 18.4 Å². The predicted octanol–water partition coefficient (Wildman–Crippen LogP) is -0.0933. The number of carbonyl (C=O) groups excluding carboxylic acids is 3. The molecule has 0 saturated carbocycles. The number of carbonyl (C=O) groups is 3. The topological polar surface area (TPSA) is 82.1 Å². The van der Waals surface area contributed by atoms with Crippen LogP contribution < -0.4 is 0 Å². The van der Waals surface area contributed by atoms with E-state index in [0.717, 1.165) is 0 Å². The standard InChI is InChI=1S/C12H15NO6S/c1-6(14)19-4-7-5-20-11-9(17-2)10(15)13(11)8(7)12(16)18-3/h9,11H,4-5H2,1-3H3. The number of methoxy groups -OCH3 is 2. The third-order valence-corrected chi connectivity index (χ3v) is 4.40. The lowest BCUT2D eigenvalue weighted by Crippen LogP contribution is -2.65. The molecule has 1 amide bonds. The molecule has 1 saturated heterocycles. The Morgan fingerprint density at radius 3 is 2.65 bits per heavy atom. The van der Waals surface area contributed by atoms with E-state index in [-0.39, 0.29) is 23.6 Å². The normalized spacial score (nSPS) is 24.9. The predicted molar refractivity (Wildman–Crippen MR) is 69.6 cm³/mol. The number of fused-ring (bicyclic) bond motifs is 1. The first kappa shape index (κ1) is 14.9. The minimum Gasteiger partial charge on any atom is -0.464 e. The number of rotatable bonds is 4. The second kappa shape index (κ2) is 5.84. The van der Waals surface area contributed by atoms with Crippen LogP contribution in [0.3, 0.4) is 0 Å². The fourth-order valence-corrected chi connectivity index (χ4v) is 3.47. The van der Waals surface area contributed by atoms with Gasteiger partial charge in [0.15, 0.2) is 6.10 Å². The Bertz CT molecular complexity index is 488. The van der Waals surface area contributed by atoms with E-state index in [9.17, 15) is 14.4 Å². The van der Waals surface area contributed by atoms with E-state index in [4.69, 9.17) is 14.2 Å². The second-order valence-corrected chi connectivity index (χ2v) is 5.40. The van der Waals surface area contributed by atoms with E-state index in [1.54, 1.807) is 0 Å². The fourth-order valence-electron chi connectivity index (χ4n) is 2.12. The van der Waals surface area contributed by atoms with E-state index in [1.807, 2.05) is 0 Å². The zero-order valence-corrected chi connectivity index (χ0v) is 12.2. The van der Waals surface area contributed by atoms with Crippen molar-refractivity contribution in [1.82, 2.24) is 4.90 Å². The lowest BCUT2D eigenvalue weighted by atomic mass is 10.1. The summed E-state index contributed by atoms with van der Waals surface area (Å²) in [6, 6.07) is 0. The molecule has 0 spiro atoms. The van der Waals surface area contributed by atoms with Crippen molar-refractivity contribution in [3.05, 3.63) is 11.3 Å². The van der Waals surface area contributed by atoms with Gasteiger partial charge >= 0.3 is 11.9 Å². The van der Waals surface area contributed by atoms with Crippen molar-refractivity contribution < 1.29 is 28.6 Å². The molecule has 0 N–H and O–H groups in total. The monoisotopic (exact) mass is 301 g/mol. The van der Waals surface area contributed by atoms with Crippen molar-refractivity contribution in [1.29, 1.82) is 0 Å². The summed E-state index contributed by atoms with van der Waals surface area (Å²) < 4.78 is 14.7. The third-order valence-electron chi connectivity index (χ3n) is 3.08. The van der Waals surface area contributed by atoms with Gasteiger partial charge in [-0.1, -0.05) is 0 Å². The molecule has 110 valence electrons. The highest BCUT2D eigenvalue weighted by molar-refractivity contribution is 8.00. The van der Waals surface area contributed by atoms with Crippen LogP contribution in [0.15, 0.2) is 11.3 Å².